The molecule has 0 bridgehead atoms. The standard InChI is InChI=1S/C16H11Cl2NS/c1-10-15(14-4-2-3-5-16(14)20-10)9-19-13-7-11(17)6-12(18)8-13/h2-9H,1H3/b19-9+. The zero-order valence-electron chi connectivity index (χ0n) is 10.7. The Morgan fingerprint density at radius 2 is 1.75 bits per heavy atom. The van der Waals surface area contributed by atoms with Crippen LogP contribution in [0.5, 0.6) is 0 Å². The van der Waals surface area contributed by atoms with E-state index in [-0.39, 0.29) is 0 Å². The van der Waals surface area contributed by atoms with Crippen LogP contribution in [0.4, 0.5) is 5.69 Å². The fourth-order valence-corrected chi connectivity index (χ4v) is 3.65. The predicted molar refractivity (Wildman–Crippen MR) is 90.3 cm³/mol. The molecule has 1 heterocycles. The Kier molecular flexibility index (Phi) is 3.79. The first-order valence-corrected chi connectivity index (χ1v) is 7.69. The summed E-state index contributed by atoms with van der Waals surface area (Å²) in [5.74, 6) is 0. The molecule has 1 aromatic heterocycles. The number of thiophene rings is 1. The molecule has 0 aliphatic carbocycles. The van der Waals surface area contributed by atoms with Crippen molar-refractivity contribution in [2.75, 3.05) is 0 Å². The molecule has 4 heteroatoms. The molecule has 0 spiro atoms. The summed E-state index contributed by atoms with van der Waals surface area (Å²) in [4.78, 5) is 5.75. The van der Waals surface area contributed by atoms with Crippen LogP contribution in [0.2, 0.25) is 10.0 Å². The maximum Gasteiger partial charge on any atom is 0.0659 e. The number of hydrogen-bond acceptors (Lipinski definition) is 2. The van der Waals surface area contributed by atoms with Gasteiger partial charge in [-0.25, -0.2) is 0 Å². The van der Waals surface area contributed by atoms with Gasteiger partial charge in [-0.2, -0.15) is 0 Å². The lowest BCUT2D eigenvalue weighted by molar-refractivity contribution is 1.52. The second-order valence-electron chi connectivity index (χ2n) is 4.45. The molecule has 0 saturated heterocycles. The van der Waals surface area contributed by atoms with E-state index in [4.69, 9.17) is 23.2 Å². The maximum atomic E-state index is 5.98. The summed E-state index contributed by atoms with van der Waals surface area (Å²) in [6, 6.07) is 13.6. The van der Waals surface area contributed by atoms with E-state index in [1.165, 1.54) is 15.0 Å². The Morgan fingerprint density at radius 3 is 2.50 bits per heavy atom. The van der Waals surface area contributed by atoms with Crippen molar-refractivity contribution < 1.29 is 0 Å². The van der Waals surface area contributed by atoms with Gasteiger partial charge in [-0.3, -0.25) is 4.99 Å². The highest BCUT2D eigenvalue weighted by Gasteiger charge is 2.06. The maximum absolute atomic E-state index is 5.98. The Labute approximate surface area is 131 Å². The minimum Gasteiger partial charge on any atom is -0.256 e. The third kappa shape index (κ3) is 2.73. The first-order chi connectivity index (χ1) is 9.63. The van der Waals surface area contributed by atoms with Crippen LogP contribution in [0.3, 0.4) is 0 Å². The van der Waals surface area contributed by atoms with Crippen molar-refractivity contribution in [3.63, 3.8) is 0 Å². The van der Waals surface area contributed by atoms with Crippen molar-refractivity contribution in [3.8, 4) is 0 Å². The molecule has 3 aromatic rings. The van der Waals surface area contributed by atoms with Crippen LogP contribution in [0.15, 0.2) is 47.5 Å². The monoisotopic (exact) mass is 319 g/mol. The van der Waals surface area contributed by atoms with Gasteiger partial charge in [-0.15, -0.1) is 11.3 Å². The summed E-state index contributed by atoms with van der Waals surface area (Å²) in [6.07, 6.45) is 1.89. The quantitative estimate of drug-likeness (QED) is 0.494. The molecule has 3 rings (SSSR count). The fraction of sp³-hybridized carbons (Fsp3) is 0.0625. The highest BCUT2D eigenvalue weighted by molar-refractivity contribution is 7.19. The van der Waals surface area contributed by atoms with E-state index in [0.29, 0.717) is 10.0 Å². The van der Waals surface area contributed by atoms with Crippen LogP contribution < -0.4 is 0 Å². The smallest absolute Gasteiger partial charge is 0.0659 e. The van der Waals surface area contributed by atoms with Crippen molar-refractivity contribution in [1.29, 1.82) is 0 Å². The van der Waals surface area contributed by atoms with Crippen molar-refractivity contribution in [2.45, 2.75) is 6.92 Å². The third-order valence-electron chi connectivity index (χ3n) is 3.01. The van der Waals surface area contributed by atoms with Crippen LogP contribution in [-0.4, -0.2) is 6.21 Å². The second kappa shape index (κ2) is 5.57. The van der Waals surface area contributed by atoms with Gasteiger partial charge in [0.2, 0.25) is 0 Å². The van der Waals surface area contributed by atoms with Gasteiger partial charge in [0.25, 0.3) is 0 Å². The van der Waals surface area contributed by atoms with Gasteiger partial charge < -0.3 is 0 Å². The summed E-state index contributed by atoms with van der Waals surface area (Å²) in [5.41, 5.74) is 1.92. The average molecular weight is 320 g/mol. The van der Waals surface area contributed by atoms with Crippen LogP contribution in [0, 0.1) is 6.92 Å². The highest BCUT2D eigenvalue weighted by Crippen LogP contribution is 2.30. The van der Waals surface area contributed by atoms with Gasteiger partial charge in [0, 0.05) is 36.8 Å². The first kappa shape index (κ1) is 13.6. The molecule has 0 radical (unpaired) electrons. The number of halogens is 2. The third-order valence-corrected chi connectivity index (χ3v) is 4.55. The molecule has 100 valence electrons. The summed E-state index contributed by atoms with van der Waals surface area (Å²) >= 11 is 13.7. The van der Waals surface area contributed by atoms with Crippen molar-refractivity contribution >= 4 is 56.5 Å². The van der Waals surface area contributed by atoms with Gasteiger partial charge in [-0.1, -0.05) is 41.4 Å². The molecule has 1 nitrogen and oxygen atoms in total. The number of aryl methyl sites for hydroxylation is 1. The van der Waals surface area contributed by atoms with E-state index in [1.54, 1.807) is 29.5 Å². The molecular formula is C16H11Cl2NS. The normalized spacial score (nSPS) is 11.6. The van der Waals surface area contributed by atoms with Crippen LogP contribution >= 0.6 is 34.5 Å². The molecule has 0 unspecified atom stereocenters. The Morgan fingerprint density at radius 1 is 1.05 bits per heavy atom. The SMILES string of the molecule is Cc1sc2ccccc2c1/C=N/c1cc(Cl)cc(Cl)c1. The summed E-state index contributed by atoms with van der Waals surface area (Å²) in [7, 11) is 0. The molecule has 0 aliphatic rings. The molecule has 0 atom stereocenters. The second-order valence-corrected chi connectivity index (χ2v) is 6.58. The number of aliphatic imine (C=N–C) groups is 1. The lowest BCUT2D eigenvalue weighted by Crippen LogP contribution is -1.81. The molecule has 0 N–H and O–H groups in total. The highest BCUT2D eigenvalue weighted by atomic mass is 35.5. The Balaban J connectivity index is 2.04. The Hall–Kier alpha value is -1.35. The van der Waals surface area contributed by atoms with E-state index in [1.807, 2.05) is 12.3 Å². The lowest BCUT2D eigenvalue weighted by Gasteiger charge is -1.97. The molecule has 2 aromatic carbocycles. The summed E-state index contributed by atoms with van der Waals surface area (Å²) < 4.78 is 1.27. The molecule has 0 saturated carbocycles. The topological polar surface area (TPSA) is 12.4 Å². The Bertz CT molecular complexity index is 785. The first-order valence-electron chi connectivity index (χ1n) is 6.12. The number of nitrogens with zero attached hydrogens (tertiary/aromatic N) is 1. The van der Waals surface area contributed by atoms with Crippen molar-refractivity contribution in [2.24, 2.45) is 4.99 Å². The van der Waals surface area contributed by atoms with Gasteiger partial charge in [0.05, 0.1) is 5.69 Å². The van der Waals surface area contributed by atoms with Crippen LogP contribution in [-0.2, 0) is 0 Å². The summed E-state index contributed by atoms with van der Waals surface area (Å²) in [5, 5.41) is 2.42. The van der Waals surface area contributed by atoms with Gasteiger partial charge in [-0.05, 0) is 31.2 Å². The van der Waals surface area contributed by atoms with Gasteiger partial charge >= 0.3 is 0 Å². The fourth-order valence-electron chi connectivity index (χ4n) is 2.10. The van der Waals surface area contributed by atoms with Gasteiger partial charge in [0.15, 0.2) is 0 Å². The van der Waals surface area contributed by atoms with Crippen molar-refractivity contribution in [3.05, 3.63) is 63.0 Å². The number of hydrogen-bond donors (Lipinski definition) is 0. The van der Waals surface area contributed by atoms with Gasteiger partial charge in [0.1, 0.15) is 0 Å². The van der Waals surface area contributed by atoms with Crippen LogP contribution in [0.25, 0.3) is 10.1 Å². The zero-order chi connectivity index (χ0) is 14.1. The largest absolute Gasteiger partial charge is 0.256 e. The number of fused-ring (bicyclic) bond motifs is 1. The molecular weight excluding hydrogens is 309 g/mol. The summed E-state index contributed by atoms with van der Waals surface area (Å²) in [6.45, 7) is 2.11. The van der Waals surface area contributed by atoms with Crippen molar-refractivity contribution in [1.82, 2.24) is 0 Å². The number of rotatable bonds is 2. The zero-order valence-corrected chi connectivity index (χ0v) is 13.1. The van der Waals surface area contributed by atoms with E-state index in [0.717, 1.165) is 11.3 Å². The molecule has 0 fully saturated rings. The molecule has 0 amide bonds. The molecule has 20 heavy (non-hydrogen) atoms. The van der Waals surface area contributed by atoms with Crippen LogP contribution in [0.1, 0.15) is 10.4 Å². The van der Waals surface area contributed by atoms with E-state index >= 15 is 0 Å². The minimum absolute atomic E-state index is 0.594. The van der Waals surface area contributed by atoms with E-state index in [9.17, 15) is 0 Å². The number of benzene rings is 2. The van der Waals surface area contributed by atoms with E-state index in [2.05, 4.69) is 30.1 Å². The van der Waals surface area contributed by atoms with E-state index < -0.39 is 0 Å². The average Bonchev–Trinajstić information content (AvgIpc) is 2.71. The molecule has 0 aliphatic heterocycles. The predicted octanol–water partition coefficient (Wildman–Crippen LogP) is 6.27. The lowest BCUT2D eigenvalue weighted by atomic mass is 10.1. The minimum atomic E-state index is 0.594.